The van der Waals surface area contributed by atoms with Crippen molar-refractivity contribution < 1.29 is 22.7 Å². The van der Waals surface area contributed by atoms with Crippen molar-refractivity contribution in [3.8, 4) is 0 Å². The van der Waals surface area contributed by atoms with Crippen molar-refractivity contribution in [2.24, 2.45) is 0 Å². The van der Waals surface area contributed by atoms with Gasteiger partial charge in [-0.15, -0.1) is 11.3 Å². The lowest BCUT2D eigenvalue weighted by Gasteiger charge is -2.41. The van der Waals surface area contributed by atoms with Crippen LogP contribution in [-0.2, 0) is 23.8 Å². The van der Waals surface area contributed by atoms with Crippen molar-refractivity contribution >= 4 is 17.4 Å². The third-order valence-electron chi connectivity index (χ3n) is 4.13. The molecular formula is C16H22F3NO2S. The maximum absolute atomic E-state index is 12.9. The number of halogens is 3. The van der Waals surface area contributed by atoms with Crippen LogP contribution in [0.1, 0.15) is 49.4 Å². The van der Waals surface area contributed by atoms with Gasteiger partial charge in [-0.1, -0.05) is 0 Å². The van der Waals surface area contributed by atoms with Crippen LogP contribution < -0.4 is 0 Å². The highest BCUT2D eigenvalue weighted by Gasteiger charge is 2.41. The fraction of sp³-hybridized carbons (Fsp3) is 0.688. The summed E-state index contributed by atoms with van der Waals surface area (Å²) in [4.78, 5) is 13.9. The number of hydrogen-bond donors (Lipinski definition) is 0. The minimum atomic E-state index is -4.31. The van der Waals surface area contributed by atoms with Crippen molar-refractivity contribution in [2.75, 3.05) is 7.05 Å². The summed E-state index contributed by atoms with van der Waals surface area (Å²) < 4.78 is 44.0. The zero-order chi connectivity index (χ0) is 17.6. The summed E-state index contributed by atoms with van der Waals surface area (Å²) in [7, 11) is 1.65. The fourth-order valence-electron chi connectivity index (χ4n) is 2.64. The lowest BCUT2D eigenvalue weighted by Crippen LogP contribution is -2.51. The molecule has 0 saturated carbocycles. The molecule has 1 aliphatic carbocycles. The number of carbonyl (C=O) groups excluding carboxylic acids is 1. The molecule has 0 aliphatic heterocycles. The molecule has 1 heterocycles. The molecule has 130 valence electrons. The van der Waals surface area contributed by atoms with Crippen LogP contribution in [0.25, 0.3) is 0 Å². The number of alkyl halides is 3. The van der Waals surface area contributed by atoms with Gasteiger partial charge in [0.25, 0.3) is 0 Å². The van der Waals surface area contributed by atoms with E-state index in [4.69, 9.17) is 4.74 Å². The van der Waals surface area contributed by atoms with Crippen molar-refractivity contribution in [2.45, 2.75) is 64.3 Å². The van der Waals surface area contributed by atoms with Gasteiger partial charge in [0.15, 0.2) is 0 Å². The summed E-state index contributed by atoms with van der Waals surface area (Å²) in [5, 5.41) is 0. The molecule has 0 spiro atoms. The quantitative estimate of drug-likeness (QED) is 0.723. The van der Waals surface area contributed by atoms with Crippen LogP contribution in [0.5, 0.6) is 0 Å². The minimum absolute atomic E-state index is 0.415. The van der Waals surface area contributed by atoms with Crippen LogP contribution in [0.2, 0.25) is 0 Å². The molecule has 3 nitrogen and oxygen atoms in total. The summed E-state index contributed by atoms with van der Waals surface area (Å²) >= 11 is 0.783. The highest BCUT2D eigenvalue weighted by atomic mass is 32.1. The van der Waals surface area contributed by atoms with Crippen LogP contribution in [0, 0.1) is 0 Å². The minimum Gasteiger partial charge on any atom is -0.444 e. The van der Waals surface area contributed by atoms with Crippen LogP contribution in [0.15, 0.2) is 6.07 Å². The molecule has 0 saturated heterocycles. The molecular weight excluding hydrogens is 327 g/mol. The molecule has 1 atom stereocenters. The Morgan fingerprint density at radius 2 is 1.96 bits per heavy atom. The summed E-state index contributed by atoms with van der Waals surface area (Å²) in [6.07, 6.45) is -3.19. The average Bonchev–Trinajstić information content (AvgIpc) is 2.78. The number of likely N-dealkylation sites (N-methyl/N-ethyl adjacent to an activating group) is 1. The van der Waals surface area contributed by atoms with Crippen molar-refractivity contribution in [1.29, 1.82) is 0 Å². The summed E-state index contributed by atoms with van der Waals surface area (Å²) in [5.41, 5.74) is -0.394. The van der Waals surface area contributed by atoms with Gasteiger partial charge in [0, 0.05) is 23.9 Å². The summed E-state index contributed by atoms with van der Waals surface area (Å²) in [6.45, 7) is 7.26. The number of rotatable bonds is 1. The topological polar surface area (TPSA) is 29.5 Å². The second-order valence-corrected chi connectivity index (χ2v) is 8.41. The van der Waals surface area contributed by atoms with E-state index in [9.17, 15) is 18.0 Å². The van der Waals surface area contributed by atoms with E-state index in [0.717, 1.165) is 16.9 Å². The molecule has 0 fully saturated rings. The maximum atomic E-state index is 12.9. The molecule has 7 heteroatoms. The Bertz CT molecular complexity index is 603. The number of thiophene rings is 1. The molecule has 1 aliphatic rings. The number of aryl methyl sites for hydroxylation is 1. The predicted molar refractivity (Wildman–Crippen MR) is 83.7 cm³/mol. The third kappa shape index (κ3) is 4.00. The van der Waals surface area contributed by atoms with Gasteiger partial charge in [0.2, 0.25) is 0 Å². The number of carbonyl (C=O) groups is 1. The average molecular weight is 349 g/mol. The van der Waals surface area contributed by atoms with E-state index in [1.165, 1.54) is 11.0 Å². The first-order valence-electron chi connectivity index (χ1n) is 7.47. The standard InChI is InChI=1S/C16H22F3NO2S/c1-14(2,3)22-13(21)20(5)15(4)7-6-10-8-12(16(17,18)19)23-11(10)9-15/h8H,6-7,9H2,1-5H3. The van der Waals surface area contributed by atoms with Gasteiger partial charge in [-0.25, -0.2) is 4.79 Å². The van der Waals surface area contributed by atoms with Crippen LogP contribution >= 0.6 is 11.3 Å². The van der Waals surface area contributed by atoms with E-state index in [0.29, 0.717) is 24.1 Å². The Hall–Kier alpha value is -1.24. The van der Waals surface area contributed by atoms with Gasteiger partial charge in [-0.2, -0.15) is 13.2 Å². The van der Waals surface area contributed by atoms with Gasteiger partial charge in [0.1, 0.15) is 10.5 Å². The normalized spacial score (nSPS) is 21.7. The molecule has 1 aromatic rings. The van der Waals surface area contributed by atoms with E-state index in [1.54, 1.807) is 27.8 Å². The van der Waals surface area contributed by atoms with Crippen LogP contribution in [0.3, 0.4) is 0 Å². The first-order valence-corrected chi connectivity index (χ1v) is 8.29. The monoisotopic (exact) mass is 349 g/mol. The number of ether oxygens (including phenoxy) is 1. The SMILES string of the molecule is CN(C(=O)OC(C)(C)C)C1(C)CCc2cc(C(F)(F)F)sc2C1. The largest absolute Gasteiger partial charge is 0.444 e. The number of hydrogen-bond acceptors (Lipinski definition) is 3. The molecule has 0 radical (unpaired) electrons. The molecule has 0 aromatic carbocycles. The Kier molecular flexibility index (Phi) is 4.47. The van der Waals surface area contributed by atoms with E-state index >= 15 is 0 Å². The Balaban J connectivity index is 2.19. The molecule has 1 unspecified atom stereocenters. The lowest BCUT2D eigenvalue weighted by molar-refractivity contribution is -0.134. The summed E-state index contributed by atoms with van der Waals surface area (Å²) in [6, 6.07) is 1.24. The van der Waals surface area contributed by atoms with Gasteiger partial charge < -0.3 is 9.64 Å². The zero-order valence-electron chi connectivity index (χ0n) is 14.0. The summed E-state index contributed by atoms with van der Waals surface area (Å²) in [5.74, 6) is 0. The third-order valence-corrected chi connectivity index (χ3v) is 5.35. The zero-order valence-corrected chi connectivity index (χ0v) is 14.8. The van der Waals surface area contributed by atoms with Crippen molar-refractivity contribution in [3.05, 3.63) is 21.4 Å². The Morgan fingerprint density at radius 3 is 2.48 bits per heavy atom. The second kappa shape index (κ2) is 5.69. The van der Waals surface area contributed by atoms with Gasteiger partial charge >= 0.3 is 12.3 Å². The van der Waals surface area contributed by atoms with Crippen molar-refractivity contribution in [1.82, 2.24) is 4.90 Å². The maximum Gasteiger partial charge on any atom is 0.425 e. The molecule has 0 N–H and O–H groups in total. The van der Waals surface area contributed by atoms with Crippen molar-refractivity contribution in [3.63, 3.8) is 0 Å². The number of nitrogens with zero attached hydrogens (tertiary/aromatic N) is 1. The first-order chi connectivity index (χ1) is 10.3. The van der Waals surface area contributed by atoms with E-state index in [2.05, 4.69) is 0 Å². The van der Waals surface area contributed by atoms with Gasteiger partial charge in [0.05, 0.1) is 0 Å². The molecule has 1 aromatic heterocycles. The molecule has 23 heavy (non-hydrogen) atoms. The second-order valence-electron chi connectivity index (χ2n) is 7.27. The first kappa shape index (κ1) is 18.1. The van der Waals surface area contributed by atoms with Crippen LogP contribution in [-0.4, -0.2) is 29.2 Å². The predicted octanol–water partition coefficient (Wildman–Crippen LogP) is 4.88. The number of fused-ring (bicyclic) bond motifs is 1. The fourth-order valence-corrected chi connectivity index (χ4v) is 3.90. The number of amides is 1. The van der Waals surface area contributed by atoms with E-state index in [-0.39, 0.29) is 0 Å². The molecule has 1 amide bonds. The molecule has 0 bridgehead atoms. The van der Waals surface area contributed by atoms with Gasteiger partial charge in [-0.3, -0.25) is 0 Å². The highest BCUT2D eigenvalue weighted by Crippen LogP contribution is 2.42. The van der Waals surface area contributed by atoms with E-state index < -0.39 is 28.3 Å². The van der Waals surface area contributed by atoms with E-state index in [1.807, 2.05) is 6.92 Å². The molecule has 2 rings (SSSR count). The Morgan fingerprint density at radius 1 is 1.35 bits per heavy atom. The lowest BCUT2D eigenvalue weighted by atomic mass is 9.82. The van der Waals surface area contributed by atoms with Gasteiger partial charge in [-0.05, 0) is 52.2 Å². The highest BCUT2D eigenvalue weighted by molar-refractivity contribution is 7.12. The van der Waals surface area contributed by atoms with Crippen LogP contribution in [0.4, 0.5) is 18.0 Å². The smallest absolute Gasteiger partial charge is 0.425 e. The Labute approximate surface area is 138 Å².